The van der Waals surface area contributed by atoms with Crippen LogP contribution in [0.1, 0.15) is 23.4 Å². The third-order valence-corrected chi connectivity index (χ3v) is 4.21. The zero-order valence-electron chi connectivity index (χ0n) is 10.6. The van der Waals surface area contributed by atoms with Gasteiger partial charge in [0.2, 0.25) is 0 Å². The van der Waals surface area contributed by atoms with Crippen molar-refractivity contribution in [2.24, 2.45) is 5.92 Å². The molecule has 0 aromatic heterocycles. The van der Waals surface area contributed by atoms with Crippen molar-refractivity contribution < 1.29 is 4.39 Å². The second kappa shape index (κ2) is 6.40. The summed E-state index contributed by atoms with van der Waals surface area (Å²) in [5.74, 6) is -0.0982. The number of halogens is 3. The van der Waals surface area contributed by atoms with Crippen LogP contribution in [-0.2, 0) is 6.42 Å². The molecule has 0 heterocycles. The summed E-state index contributed by atoms with van der Waals surface area (Å²) in [6.07, 6.45) is 0.724. The predicted molar refractivity (Wildman–Crippen MR) is 79.3 cm³/mol. The Hall–Kier alpha value is -1.05. The van der Waals surface area contributed by atoms with Crippen molar-refractivity contribution in [3.63, 3.8) is 0 Å². The standard InChI is InChI=1S/C16H15Cl2F/c1-11(16(18)12-5-3-2-4-6-12)9-13-7-8-14(19)10-15(13)17/h2-8,10-11,16H,9H2,1H3. The zero-order chi connectivity index (χ0) is 13.8. The van der Waals surface area contributed by atoms with Crippen LogP contribution in [0.2, 0.25) is 5.02 Å². The highest BCUT2D eigenvalue weighted by Crippen LogP contribution is 2.32. The van der Waals surface area contributed by atoms with Crippen LogP contribution >= 0.6 is 23.2 Å². The van der Waals surface area contributed by atoms with Gasteiger partial charge >= 0.3 is 0 Å². The summed E-state index contributed by atoms with van der Waals surface area (Å²) < 4.78 is 13.0. The molecule has 2 atom stereocenters. The average molecular weight is 297 g/mol. The van der Waals surface area contributed by atoms with E-state index in [9.17, 15) is 4.39 Å². The maximum atomic E-state index is 13.0. The molecule has 0 fully saturated rings. The molecule has 0 bridgehead atoms. The monoisotopic (exact) mass is 296 g/mol. The number of rotatable bonds is 4. The molecule has 0 spiro atoms. The molecule has 3 heteroatoms. The molecule has 100 valence electrons. The van der Waals surface area contributed by atoms with Crippen molar-refractivity contribution in [1.82, 2.24) is 0 Å². The first-order valence-corrected chi connectivity index (χ1v) is 7.02. The second-order valence-electron chi connectivity index (χ2n) is 4.73. The van der Waals surface area contributed by atoms with Gasteiger partial charge in [0.05, 0.1) is 5.38 Å². The van der Waals surface area contributed by atoms with Crippen LogP contribution in [0.3, 0.4) is 0 Å². The van der Waals surface area contributed by atoms with Gasteiger partial charge in [0.1, 0.15) is 5.82 Å². The SMILES string of the molecule is CC(Cc1ccc(F)cc1Cl)C(Cl)c1ccccc1. The minimum absolute atomic E-state index is 0.0812. The van der Waals surface area contributed by atoms with E-state index in [2.05, 4.69) is 6.92 Å². The van der Waals surface area contributed by atoms with Gasteiger partial charge in [-0.2, -0.15) is 0 Å². The highest BCUT2D eigenvalue weighted by Gasteiger charge is 2.18. The maximum Gasteiger partial charge on any atom is 0.124 e. The van der Waals surface area contributed by atoms with Crippen LogP contribution < -0.4 is 0 Å². The van der Waals surface area contributed by atoms with Crippen LogP contribution in [-0.4, -0.2) is 0 Å². The Morgan fingerprint density at radius 1 is 1.11 bits per heavy atom. The fraction of sp³-hybridized carbons (Fsp3) is 0.250. The van der Waals surface area contributed by atoms with E-state index in [1.165, 1.54) is 12.1 Å². The summed E-state index contributed by atoms with van der Waals surface area (Å²) >= 11 is 12.5. The number of hydrogen-bond acceptors (Lipinski definition) is 0. The lowest BCUT2D eigenvalue weighted by atomic mass is 9.93. The van der Waals surface area contributed by atoms with Gasteiger partial charge in [-0.15, -0.1) is 11.6 Å². The van der Waals surface area contributed by atoms with Crippen molar-refractivity contribution in [3.05, 3.63) is 70.5 Å². The molecule has 0 saturated heterocycles. The first-order valence-electron chi connectivity index (χ1n) is 6.21. The maximum absolute atomic E-state index is 13.0. The van der Waals surface area contributed by atoms with Crippen LogP contribution in [0.15, 0.2) is 48.5 Å². The summed E-state index contributed by atoms with van der Waals surface area (Å²) in [5.41, 5.74) is 2.02. The van der Waals surface area contributed by atoms with E-state index in [0.29, 0.717) is 5.02 Å². The van der Waals surface area contributed by atoms with Gasteiger partial charge < -0.3 is 0 Å². The van der Waals surface area contributed by atoms with Crippen LogP contribution in [0.5, 0.6) is 0 Å². The van der Waals surface area contributed by atoms with Gasteiger partial charge in [-0.25, -0.2) is 4.39 Å². The molecule has 0 aliphatic rings. The fourth-order valence-electron chi connectivity index (χ4n) is 2.10. The number of benzene rings is 2. The number of alkyl halides is 1. The predicted octanol–water partition coefficient (Wildman–Crippen LogP) is 5.64. The number of hydrogen-bond donors (Lipinski definition) is 0. The van der Waals surface area contributed by atoms with Gasteiger partial charge in [0.25, 0.3) is 0 Å². The van der Waals surface area contributed by atoms with E-state index >= 15 is 0 Å². The van der Waals surface area contributed by atoms with Crippen LogP contribution in [0, 0.1) is 11.7 Å². The minimum Gasteiger partial charge on any atom is -0.207 e. The van der Waals surface area contributed by atoms with Crippen molar-refractivity contribution in [1.29, 1.82) is 0 Å². The van der Waals surface area contributed by atoms with E-state index in [1.807, 2.05) is 30.3 Å². The first-order chi connectivity index (χ1) is 9.08. The van der Waals surface area contributed by atoms with Crippen LogP contribution in [0.4, 0.5) is 4.39 Å². The Morgan fingerprint density at radius 3 is 2.42 bits per heavy atom. The van der Waals surface area contributed by atoms with Crippen LogP contribution in [0.25, 0.3) is 0 Å². The lowest BCUT2D eigenvalue weighted by Crippen LogP contribution is -2.08. The van der Waals surface area contributed by atoms with Crippen molar-refractivity contribution >= 4 is 23.2 Å². The van der Waals surface area contributed by atoms with E-state index < -0.39 is 0 Å². The summed E-state index contributed by atoms with van der Waals surface area (Å²) in [4.78, 5) is 0. The smallest absolute Gasteiger partial charge is 0.124 e. The molecule has 19 heavy (non-hydrogen) atoms. The van der Waals surface area contributed by atoms with Crippen molar-refractivity contribution in [3.8, 4) is 0 Å². The van der Waals surface area contributed by atoms with Crippen molar-refractivity contribution in [2.75, 3.05) is 0 Å². The van der Waals surface area contributed by atoms with Gasteiger partial charge in [0.15, 0.2) is 0 Å². The Balaban J connectivity index is 2.10. The Labute approximate surface area is 123 Å². The largest absolute Gasteiger partial charge is 0.207 e. The topological polar surface area (TPSA) is 0 Å². The molecule has 0 amide bonds. The van der Waals surface area contributed by atoms with Gasteiger partial charge in [-0.3, -0.25) is 0 Å². The highest BCUT2D eigenvalue weighted by atomic mass is 35.5. The van der Waals surface area contributed by atoms with E-state index in [-0.39, 0.29) is 17.1 Å². The third kappa shape index (κ3) is 3.71. The Bertz CT molecular complexity index is 540. The molecule has 0 aliphatic heterocycles. The lowest BCUT2D eigenvalue weighted by molar-refractivity contribution is 0.557. The summed E-state index contributed by atoms with van der Waals surface area (Å²) in [6, 6.07) is 14.4. The molecule has 2 unspecified atom stereocenters. The quantitative estimate of drug-likeness (QED) is 0.641. The third-order valence-electron chi connectivity index (χ3n) is 3.17. The van der Waals surface area contributed by atoms with Gasteiger partial charge in [-0.05, 0) is 35.6 Å². The van der Waals surface area contributed by atoms with Gasteiger partial charge in [0, 0.05) is 5.02 Å². The lowest BCUT2D eigenvalue weighted by Gasteiger charge is -2.19. The molecule has 0 aliphatic carbocycles. The summed E-state index contributed by atoms with van der Waals surface area (Å²) in [6.45, 7) is 2.07. The molecule has 2 aromatic carbocycles. The van der Waals surface area contributed by atoms with E-state index in [1.54, 1.807) is 6.07 Å². The molecule has 0 N–H and O–H groups in total. The van der Waals surface area contributed by atoms with E-state index in [0.717, 1.165) is 17.5 Å². The molecule has 0 nitrogen and oxygen atoms in total. The molecule has 2 aromatic rings. The molecule has 0 radical (unpaired) electrons. The second-order valence-corrected chi connectivity index (χ2v) is 5.61. The summed E-state index contributed by atoms with van der Waals surface area (Å²) in [7, 11) is 0. The molecule has 2 rings (SSSR count). The zero-order valence-corrected chi connectivity index (χ0v) is 12.1. The van der Waals surface area contributed by atoms with Gasteiger partial charge in [-0.1, -0.05) is 54.9 Å². The fourth-order valence-corrected chi connectivity index (χ4v) is 2.58. The average Bonchev–Trinajstić information content (AvgIpc) is 2.42. The van der Waals surface area contributed by atoms with Crippen molar-refractivity contribution in [2.45, 2.75) is 18.7 Å². The molecule has 0 saturated carbocycles. The van der Waals surface area contributed by atoms with E-state index in [4.69, 9.17) is 23.2 Å². The normalized spacial score (nSPS) is 14.1. The first kappa shape index (κ1) is 14.4. The highest BCUT2D eigenvalue weighted by molar-refractivity contribution is 6.31. The minimum atomic E-state index is -0.313. The molecular weight excluding hydrogens is 282 g/mol. The summed E-state index contributed by atoms with van der Waals surface area (Å²) in [5, 5.41) is 0.381. The Kier molecular flexibility index (Phi) is 4.84. The molecular formula is C16H15Cl2F. The Morgan fingerprint density at radius 2 is 1.79 bits per heavy atom.